The van der Waals surface area contributed by atoms with Gasteiger partial charge in [-0.1, -0.05) is 12.1 Å². The van der Waals surface area contributed by atoms with Crippen molar-refractivity contribution in [2.24, 2.45) is 0 Å². The van der Waals surface area contributed by atoms with Crippen molar-refractivity contribution in [1.82, 2.24) is 4.98 Å². The smallest absolute Gasteiger partial charge is 0.339 e. The molecule has 6 nitrogen and oxygen atoms in total. The van der Waals surface area contributed by atoms with E-state index in [0.29, 0.717) is 29.3 Å². The minimum Gasteiger partial charge on any atom is -0.497 e. The summed E-state index contributed by atoms with van der Waals surface area (Å²) in [7, 11) is 1.58. The van der Waals surface area contributed by atoms with E-state index in [1.807, 2.05) is 18.2 Å². The Bertz CT molecular complexity index is 909. The lowest BCUT2D eigenvalue weighted by Gasteiger charge is -2.11. The summed E-state index contributed by atoms with van der Waals surface area (Å²) >= 11 is 0. The van der Waals surface area contributed by atoms with E-state index in [1.54, 1.807) is 37.4 Å². The zero-order valence-corrected chi connectivity index (χ0v) is 13.1. The first-order valence-electron chi connectivity index (χ1n) is 7.37. The van der Waals surface area contributed by atoms with Crippen LogP contribution in [-0.4, -0.2) is 23.2 Å². The predicted octanol–water partition coefficient (Wildman–Crippen LogP) is 3.14. The van der Waals surface area contributed by atoms with Crippen molar-refractivity contribution >= 4 is 28.4 Å². The number of carbonyl (C=O) groups is 1. The van der Waals surface area contributed by atoms with Gasteiger partial charge in [0.15, 0.2) is 0 Å². The highest BCUT2D eigenvalue weighted by atomic mass is 16.5. The number of methoxy groups -OCH3 is 1. The second-order valence-corrected chi connectivity index (χ2v) is 5.35. The second kappa shape index (κ2) is 6.45. The van der Waals surface area contributed by atoms with Crippen molar-refractivity contribution in [3.8, 4) is 5.75 Å². The van der Waals surface area contributed by atoms with Crippen molar-refractivity contribution < 1.29 is 14.6 Å². The molecular formula is C18H17N3O3. The summed E-state index contributed by atoms with van der Waals surface area (Å²) < 4.78 is 5.19. The maximum absolute atomic E-state index is 11.5. The lowest BCUT2D eigenvalue weighted by Crippen LogP contribution is -2.09. The van der Waals surface area contributed by atoms with Crippen LogP contribution in [0.4, 0.5) is 11.5 Å². The number of ether oxygens (including phenoxy) is 1. The van der Waals surface area contributed by atoms with Crippen LogP contribution in [0, 0.1) is 0 Å². The number of aromatic nitrogens is 1. The molecule has 4 N–H and O–H groups in total. The van der Waals surface area contributed by atoms with Crippen LogP contribution in [0.2, 0.25) is 0 Å². The third-order valence-electron chi connectivity index (χ3n) is 3.67. The molecule has 3 aromatic rings. The van der Waals surface area contributed by atoms with E-state index in [2.05, 4.69) is 10.3 Å². The summed E-state index contributed by atoms with van der Waals surface area (Å²) in [5.74, 6) is -0.0548. The van der Waals surface area contributed by atoms with Gasteiger partial charge in [-0.25, -0.2) is 9.78 Å². The number of nitrogens with two attached hydrogens (primary N) is 1. The normalized spacial score (nSPS) is 10.5. The average Bonchev–Trinajstić information content (AvgIpc) is 2.58. The predicted molar refractivity (Wildman–Crippen MR) is 93.4 cm³/mol. The van der Waals surface area contributed by atoms with Gasteiger partial charge in [-0.15, -0.1) is 0 Å². The highest BCUT2D eigenvalue weighted by Crippen LogP contribution is 2.25. The number of rotatable bonds is 5. The fraction of sp³-hybridized carbons (Fsp3) is 0.111. The number of hydrogen-bond acceptors (Lipinski definition) is 5. The maximum atomic E-state index is 11.5. The molecule has 122 valence electrons. The number of nitrogens with zero attached hydrogens (tertiary/aromatic N) is 1. The number of nitrogen functional groups attached to an aromatic ring is 1. The lowest BCUT2D eigenvalue weighted by molar-refractivity contribution is 0.0697. The first-order chi connectivity index (χ1) is 11.6. The van der Waals surface area contributed by atoms with E-state index in [-0.39, 0.29) is 5.56 Å². The Morgan fingerprint density at radius 2 is 2.08 bits per heavy atom. The summed E-state index contributed by atoms with van der Waals surface area (Å²) in [5.41, 5.74) is 8.14. The maximum Gasteiger partial charge on any atom is 0.339 e. The molecule has 0 aliphatic heterocycles. The molecule has 0 spiro atoms. The minimum atomic E-state index is -1.03. The van der Waals surface area contributed by atoms with E-state index in [4.69, 9.17) is 10.5 Å². The fourth-order valence-corrected chi connectivity index (χ4v) is 2.46. The molecule has 24 heavy (non-hydrogen) atoms. The summed E-state index contributed by atoms with van der Waals surface area (Å²) in [6, 6.07) is 14.3. The van der Waals surface area contributed by atoms with Gasteiger partial charge in [-0.3, -0.25) is 0 Å². The molecule has 1 heterocycles. The number of pyridine rings is 1. The Kier molecular flexibility index (Phi) is 4.20. The Morgan fingerprint density at radius 3 is 2.79 bits per heavy atom. The summed E-state index contributed by atoms with van der Waals surface area (Å²) in [4.78, 5) is 16.0. The average molecular weight is 323 g/mol. The quantitative estimate of drug-likeness (QED) is 0.624. The molecule has 0 fully saturated rings. The molecule has 6 heteroatoms. The highest BCUT2D eigenvalue weighted by Gasteiger charge is 2.14. The van der Waals surface area contributed by atoms with E-state index in [1.165, 1.54) is 0 Å². The van der Waals surface area contributed by atoms with Gasteiger partial charge in [0.2, 0.25) is 0 Å². The molecule has 0 aliphatic rings. The third kappa shape index (κ3) is 3.22. The minimum absolute atomic E-state index is 0.122. The van der Waals surface area contributed by atoms with Gasteiger partial charge in [0.25, 0.3) is 0 Å². The molecule has 1 aromatic heterocycles. The zero-order valence-electron chi connectivity index (χ0n) is 13.1. The van der Waals surface area contributed by atoms with Gasteiger partial charge < -0.3 is 20.9 Å². The first-order valence-corrected chi connectivity index (χ1v) is 7.37. The second-order valence-electron chi connectivity index (χ2n) is 5.35. The molecule has 0 bridgehead atoms. The molecule has 0 unspecified atom stereocenters. The van der Waals surface area contributed by atoms with Crippen LogP contribution < -0.4 is 15.8 Å². The Morgan fingerprint density at radius 1 is 1.25 bits per heavy atom. The summed E-state index contributed by atoms with van der Waals surface area (Å²) in [5, 5.41) is 13.3. The molecule has 0 radical (unpaired) electrons. The van der Waals surface area contributed by atoms with Crippen molar-refractivity contribution in [3.63, 3.8) is 0 Å². The van der Waals surface area contributed by atoms with Crippen molar-refractivity contribution in [1.29, 1.82) is 0 Å². The van der Waals surface area contributed by atoms with Crippen LogP contribution in [0.15, 0.2) is 48.5 Å². The van der Waals surface area contributed by atoms with Crippen LogP contribution in [0.25, 0.3) is 10.9 Å². The molecular weight excluding hydrogens is 306 g/mol. The van der Waals surface area contributed by atoms with Crippen molar-refractivity contribution in [2.45, 2.75) is 6.54 Å². The van der Waals surface area contributed by atoms with Gasteiger partial charge >= 0.3 is 5.97 Å². The van der Waals surface area contributed by atoms with Gasteiger partial charge in [-0.05, 0) is 35.9 Å². The molecule has 3 rings (SSSR count). The SMILES string of the molecule is COc1ccc2cc(C(=O)O)c(NCc3cccc(N)c3)nc2c1. The van der Waals surface area contributed by atoms with Crippen molar-refractivity contribution in [2.75, 3.05) is 18.2 Å². The van der Waals surface area contributed by atoms with Crippen LogP contribution in [0.3, 0.4) is 0 Å². The molecule has 0 atom stereocenters. The molecule has 0 saturated heterocycles. The number of carboxylic acid groups (broad SMARTS) is 1. The first kappa shape index (κ1) is 15.6. The monoisotopic (exact) mass is 323 g/mol. The van der Waals surface area contributed by atoms with Gasteiger partial charge in [0.1, 0.15) is 17.1 Å². The summed E-state index contributed by atoms with van der Waals surface area (Å²) in [6.45, 7) is 0.424. The number of benzene rings is 2. The molecule has 0 amide bonds. The fourth-order valence-electron chi connectivity index (χ4n) is 2.46. The summed E-state index contributed by atoms with van der Waals surface area (Å²) in [6.07, 6.45) is 0. The van der Waals surface area contributed by atoms with E-state index in [9.17, 15) is 9.90 Å². The lowest BCUT2D eigenvalue weighted by atomic mass is 10.1. The van der Waals surface area contributed by atoms with Gasteiger partial charge in [0.05, 0.1) is 12.6 Å². The van der Waals surface area contributed by atoms with E-state index < -0.39 is 5.97 Å². The van der Waals surface area contributed by atoms with Crippen molar-refractivity contribution in [3.05, 3.63) is 59.7 Å². The van der Waals surface area contributed by atoms with Crippen LogP contribution in [-0.2, 0) is 6.54 Å². The third-order valence-corrected chi connectivity index (χ3v) is 3.67. The number of fused-ring (bicyclic) bond motifs is 1. The Labute approximate surface area is 138 Å². The number of hydrogen-bond donors (Lipinski definition) is 3. The largest absolute Gasteiger partial charge is 0.497 e. The van der Waals surface area contributed by atoms with Crippen LogP contribution in [0.5, 0.6) is 5.75 Å². The zero-order chi connectivity index (χ0) is 17.1. The van der Waals surface area contributed by atoms with Gasteiger partial charge in [-0.2, -0.15) is 0 Å². The van der Waals surface area contributed by atoms with E-state index >= 15 is 0 Å². The topological polar surface area (TPSA) is 97.5 Å². The molecule has 0 aliphatic carbocycles. The van der Waals surface area contributed by atoms with Crippen LogP contribution in [0.1, 0.15) is 15.9 Å². The van der Waals surface area contributed by atoms with Gasteiger partial charge in [0, 0.05) is 23.7 Å². The number of nitrogens with one attached hydrogen (secondary N) is 1. The van der Waals surface area contributed by atoms with E-state index in [0.717, 1.165) is 10.9 Å². The highest BCUT2D eigenvalue weighted by molar-refractivity contribution is 5.98. The molecule has 0 saturated carbocycles. The Balaban J connectivity index is 1.97. The number of carboxylic acids is 1. The standard InChI is InChI=1S/C18H17N3O3/c1-24-14-6-5-12-8-15(18(22)23)17(21-16(12)9-14)20-10-11-3-2-4-13(19)7-11/h2-9H,10,19H2,1H3,(H,20,21)(H,22,23). The Hall–Kier alpha value is -3.28. The molecule has 2 aromatic carbocycles. The number of aromatic carboxylic acids is 1. The van der Waals surface area contributed by atoms with Crippen LogP contribution >= 0.6 is 0 Å². The number of anilines is 2.